The molecular weight excluding hydrogens is 194 g/mol. The molecule has 2 aliphatic rings. The lowest BCUT2D eigenvalue weighted by molar-refractivity contribution is 0.112. The monoisotopic (exact) mass is 207 g/mol. The van der Waals surface area contributed by atoms with Crippen molar-refractivity contribution in [3.63, 3.8) is 0 Å². The van der Waals surface area contributed by atoms with Crippen molar-refractivity contribution >= 4 is 22.6 Å². The molecule has 0 spiro atoms. The van der Waals surface area contributed by atoms with Crippen molar-refractivity contribution in [2.75, 3.05) is 4.90 Å². The quantitative estimate of drug-likeness (QED) is 0.695. The second kappa shape index (κ2) is 3.09. The Morgan fingerprint density at radius 1 is 1.21 bits per heavy atom. The molecule has 2 aliphatic heterocycles. The van der Waals surface area contributed by atoms with Gasteiger partial charge in [-0.15, -0.1) is 11.3 Å². The van der Waals surface area contributed by atoms with E-state index in [0.29, 0.717) is 0 Å². The van der Waals surface area contributed by atoms with Gasteiger partial charge in [-0.25, -0.2) is 0 Å². The number of fused-ring (bicyclic) bond motifs is 2. The third-order valence-electron chi connectivity index (χ3n) is 3.44. The van der Waals surface area contributed by atoms with Crippen LogP contribution in [0.3, 0.4) is 0 Å². The normalized spacial score (nSPS) is 29.9. The fourth-order valence-electron chi connectivity index (χ4n) is 2.82. The van der Waals surface area contributed by atoms with E-state index in [1.165, 1.54) is 30.7 Å². The van der Waals surface area contributed by atoms with Gasteiger partial charge in [0.15, 0.2) is 6.29 Å². The maximum atomic E-state index is 10.6. The van der Waals surface area contributed by atoms with Crippen molar-refractivity contribution in [1.29, 1.82) is 0 Å². The summed E-state index contributed by atoms with van der Waals surface area (Å²) in [6.45, 7) is 0. The first-order valence-electron chi connectivity index (χ1n) is 5.22. The minimum Gasteiger partial charge on any atom is -0.357 e. The van der Waals surface area contributed by atoms with Crippen LogP contribution >= 0.6 is 11.3 Å². The van der Waals surface area contributed by atoms with E-state index < -0.39 is 0 Å². The maximum Gasteiger partial charge on any atom is 0.160 e. The van der Waals surface area contributed by atoms with Crippen molar-refractivity contribution in [3.8, 4) is 0 Å². The van der Waals surface area contributed by atoms with Crippen LogP contribution in [-0.2, 0) is 0 Å². The van der Waals surface area contributed by atoms with Crippen LogP contribution in [0.25, 0.3) is 0 Å². The maximum absolute atomic E-state index is 10.6. The summed E-state index contributed by atoms with van der Waals surface area (Å²) in [4.78, 5) is 14.0. The standard InChI is InChI=1S/C11H13NOS/c13-7-10-5-6-11(14-10)12-8-1-2-9(12)4-3-8/h5-9H,1-4H2. The molecule has 2 bridgehead atoms. The van der Waals surface area contributed by atoms with Crippen molar-refractivity contribution in [1.82, 2.24) is 0 Å². The lowest BCUT2D eigenvalue weighted by atomic mass is 10.0. The predicted octanol–water partition coefficient (Wildman–Crippen LogP) is 2.69. The lowest BCUT2D eigenvalue weighted by Crippen LogP contribution is -2.26. The van der Waals surface area contributed by atoms with E-state index in [2.05, 4.69) is 11.0 Å². The van der Waals surface area contributed by atoms with Crippen LogP contribution in [0.1, 0.15) is 35.4 Å². The predicted molar refractivity (Wildman–Crippen MR) is 58.2 cm³/mol. The molecule has 2 fully saturated rings. The highest BCUT2D eigenvalue weighted by Crippen LogP contribution is 2.43. The van der Waals surface area contributed by atoms with E-state index in [4.69, 9.17) is 0 Å². The van der Waals surface area contributed by atoms with Crippen molar-refractivity contribution in [3.05, 3.63) is 17.0 Å². The van der Waals surface area contributed by atoms with Gasteiger partial charge in [-0.05, 0) is 37.8 Å². The fourth-order valence-corrected chi connectivity index (χ4v) is 3.78. The first-order chi connectivity index (χ1) is 6.88. The number of hydrogen-bond acceptors (Lipinski definition) is 3. The molecule has 3 rings (SSSR count). The molecule has 2 nitrogen and oxygen atoms in total. The van der Waals surface area contributed by atoms with E-state index in [-0.39, 0.29) is 0 Å². The topological polar surface area (TPSA) is 20.3 Å². The summed E-state index contributed by atoms with van der Waals surface area (Å²) in [6.07, 6.45) is 6.34. The average molecular weight is 207 g/mol. The van der Waals surface area contributed by atoms with E-state index in [1.54, 1.807) is 11.3 Å². The molecule has 2 saturated heterocycles. The highest BCUT2D eigenvalue weighted by molar-refractivity contribution is 7.17. The lowest BCUT2D eigenvalue weighted by Gasteiger charge is -2.21. The Balaban J connectivity index is 1.91. The summed E-state index contributed by atoms with van der Waals surface area (Å²) < 4.78 is 0. The highest BCUT2D eigenvalue weighted by Gasteiger charge is 2.39. The molecule has 0 unspecified atom stereocenters. The second-order valence-corrected chi connectivity index (χ2v) is 5.26. The van der Waals surface area contributed by atoms with Crippen LogP contribution in [0.15, 0.2) is 12.1 Å². The summed E-state index contributed by atoms with van der Waals surface area (Å²) in [6, 6.07) is 5.56. The van der Waals surface area contributed by atoms with E-state index in [0.717, 1.165) is 23.2 Å². The molecule has 74 valence electrons. The Morgan fingerprint density at radius 2 is 1.86 bits per heavy atom. The molecule has 0 N–H and O–H groups in total. The molecule has 0 aliphatic carbocycles. The van der Waals surface area contributed by atoms with Crippen LogP contribution < -0.4 is 4.90 Å². The molecule has 0 atom stereocenters. The second-order valence-electron chi connectivity index (χ2n) is 4.16. The molecule has 0 saturated carbocycles. The first kappa shape index (κ1) is 8.48. The smallest absolute Gasteiger partial charge is 0.160 e. The van der Waals surface area contributed by atoms with Gasteiger partial charge in [-0.1, -0.05) is 0 Å². The summed E-state index contributed by atoms with van der Waals surface area (Å²) in [5, 5.41) is 1.30. The Kier molecular flexibility index (Phi) is 1.87. The summed E-state index contributed by atoms with van der Waals surface area (Å²) in [5.74, 6) is 0. The number of thiophene rings is 1. The minimum absolute atomic E-state index is 0.762. The molecule has 0 amide bonds. The molecular formula is C11H13NOS. The van der Waals surface area contributed by atoms with Gasteiger partial charge in [-0.2, -0.15) is 0 Å². The number of aldehydes is 1. The fraction of sp³-hybridized carbons (Fsp3) is 0.545. The molecule has 0 radical (unpaired) electrons. The first-order valence-corrected chi connectivity index (χ1v) is 6.03. The van der Waals surface area contributed by atoms with Crippen molar-refractivity contribution < 1.29 is 4.79 Å². The zero-order valence-electron chi connectivity index (χ0n) is 7.98. The van der Waals surface area contributed by atoms with Gasteiger partial charge in [0.2, 0.25) is 0 Å². The third-order valence-corrected chi connectivity index (χ3v) is 4.46. The van der Waals surface area contributed by atoms with Crippen LogP contribution in [-0.4, -0.2) is 18.4 Å². The van der Waals surface area contributed by atoms with Crippen molar-refractivity contribution in [2.24, 2.45) is 0 Å². The third kappa shape index (κ3) is 1.12. The van der Waals surface area contributed by atoms with Gasteiger partial charge < -0.3 is 4.90 Å². The van der Waals surface area contributed by atoms with Crippen LogP contribution in [0.4, 0.5) is 5.00 Å². The van der Waals surface area contributed by atoms with Crippen LogP contribution in [0, 0.1) is 0 Å². The van der Waals surface area contributed by atoms with Gasteiger partial charge in [0.25, 0.3) is 0 Å². The van der Waals surface area contributed by atoms with E-state index >= 15 is 0 Å². The minimum atomic E-state index is 0.762. The number of rotatable bonds is 2. The van der Waals surface area contributed by atoms with Gasteiger partial charge in [0.05, 0.1) is 9.88 Å². The zero-order chi connectivity index (χ0) is 9.54. The molecule has 3 heterocycles. The highest BCUT2D eigenvalue weighted by atomic mass is 32.1. The van der Waals surface area contributed by atoms with Gasteiger partial charge in [0.1, 0.15) is 0 Å². The zero-order valence-corrected chi connectivity index (χ0v) is 8.80. The summed E-state index contributed by atoms with van der Waals surface area (Å²) in [5.41, 5.74) is 0. The molecule has 0 aromatic carbocycles. The van der Waals surface area contributed by atoms with Crippen molar-refractivity contribution in [2.45, 2.75) is 37.8 Å². The van der Waals surface area contributed by atoms with E-state index in [9.17, 15) is 4.79 Å². The molecule has 1 aromatic heterocycles. The summed E-state index contributed by atoms with van der Waals surface area (Å²) >= 11 is 1.64. The number of carbonyl (C=O) groups is 1. The van der Waals surface area contributed by atoms with Crippen LogP contribution in [0.5, 0.6) is 0 Å². The number of anilines is 1. The summed E-state index contributed by atoms with van der Waals surface area (Å²) in [7, 11) is 0. The van der Waals surface area contributed by atoms with Gasteiger partial charge >= 0.3 is 0 Å². The largest absolute Gasteiger partial charge is 0.357 e. The van der Waals surface area contributed by atoms with Gasteiger partial charge in [0, 0.05) is 12.1 Å². The Morgan fingerprint density at radius 3 is 2.36 bits per heavy atom. The SMILES string of the molecule is O=Cc1ccc(N2C3CCC2CC3)s1. The molecule has 1 aromatic rings. The average Bonchev–Trinajstić information content (AvgIpc) is 2.91. The van der Waals surface area contributed by atoms with E-state index in [1.807, 2.05) is 6.07 Å². The molecule has 14 heavy (non-hydrogen) atoms. The van der Waals surface area contributed by atoms with Gasteiger partial charge in [-0.3, -0.25) is 4.79 Å². The Labute approximate surface area is 87.5 Å². The Bertz CT molecular complexity index is 340. The number of nitrogens with zero attached hydrogens (tertiary/aromatic N) is 1. The van der Waals surface area contributed by atoms with Crippen LogP contribution in [0.2, 0.25) is 0 Å². The Hall–Kier alpha value is -0.830. The number of carbonyl (C=O) groups excluding carboxylic acids is 1. The molecule has 3 heteroatoms. The number of hydrogen-bond donors (Lipinski definition) is 0.